The van der Waals surface area contributed by atoms with Crippen molar-refractivity contribution in [3.8, 4) is 5.75 Å². The number of ether oxygens (including phenoxy) is 1. The number of carbonyl (C=O) groups is 3. The Hall–Kier alpha value is -4.20. The van der Waals surface area contributed by atoms with Crippen molar-refractivity contribution in [2.24, 2.45) is 0 Å². The van der Waals surface area contributed by atoms with Crippen LogP contribution in [0, 0.1) is 5.82 Å². The van der Waals surface area contributed by atoms with E-state index >= 15 is 0 Å². The number of nitrogens with one attached hydrogen (secondary N) is 2. The molecule has 1 saturated carbocycles. The maximum absolute atomic E-state index is 13.7. The van der Waals surface area contributed by atoms with Gasteiger partial charge in [-0.1, -0.05) is 36.4 Å². The predicted molar refractivity (Wildman–Crippen MR) is 130 cm³/mol. The van der Waals surface area contributed by atoms with Gasteiger partial charge in [-0.05, 0) is 54.8 Å². The summed E-state index contributed by atoms with van der Waals surface area (Å²) in [6.45, 7) is -0.0574. The van der Waals surface area contributed by atoms with E-state index < -0.39 is 11.7 Å². The highest BCUT2D eigenvalue weighted by Crippen LogP contribution is 2.22. The zero-order valence-electron chi connectivity index (χ0n) is 19.3. The summed E-state index contributed by atoms with van der Waals surface area (Å²) in [5.74, 6) is -1.22. The number of rotatable bonds is 9. The lowest BCUT2D eigenvalue weighted by molar-refractivity contribution is -0.118. The van der Waals surface area contributed by atoms with Crippen molar-refractivity contribution in [2.45, 2.75) is 25.4 Å². The van der Waals surface area contributed by atoms with Gasteiger partial charge in [-0.25, -0.2) is 4.39 Å². The summed E-state index contributed by atoms with van der Waals surface area (Å²) in [5.41, 5.74) is 1.81. The van der Waals surface area contributed by atoms with Crippen molar-refractivity contribution in [2.75, 3.05) is 19.0 Å². The third-order valence-electron chi connectivity index (χ3n) is 5.52. The molecule has 3 aromatic carbocycles. The lowest BCUT2D eigenvalue weighted by atomic mass is 10.1. The number of hydrogen-bond donors (Lipinski definition) is 2. The number of halogens is 1. The zero-order chi connectivity index (χ0) is 24.8. The van der Waals surface area contributed by atoms with E-state index in [4.69, 9.17) is 4.74 Å². The Labute approximate surface area is 202 Å². The molecular formula is C27H26FN3O4. The Balaban J connectivity index is 1.35. The zero-order valence-corrected chi connectivity index (χ0v) is 19.3. The largest absolute Gasteiger partial charge is 0.483 e. The Kier molecular flexibility index (Phi) is 7.40. The van der Waals surface area contributed by atoms with Gasteiger partial charge in [0.15, 0.2) is 6.61 Å². The van der Waals surface area contributed by atoms with E-state index in [-0.39, 0.29) is 29.9 Å². The van der Waals surface area contributed by atoms with Crippen LogP contribution in [0.5, 0.6) is 5.75 Å². The number of nitrogens with zero attached hydrogens (tertiary/aromatic N) is 1. The second-order valence-corrected chi connectivity index (χ2v) is 8.42. The monoisotopic (exact) mass is 475 g/mol. The van der Waals surface area contributed by atoms with E-state index in [9.17, 15) is 18.8 Å². The first kappa shape index (κ1) is 23.9. The van der Waals surface area contributed by atoms with Gasteiger partial charge in [0.2, 0.25) is 0 Å². The Morgan fingerprint density at radius 1 is 0.971 bits per heavy atom. The van der Waals surface area contributed by atoms with Crippen LogP contribution in [0.1, 0.15) is 39.1 Å². The van der Waals surface area contributed by atoms with Crippen LogP contribution in [0.15, 0.2) is 72.8 Å². The van der Waals surface area contributed by atoms with Crippen molar-refractivity contribution in [3.63, 3.8) is 0 Å². The number of benzene rings is 3. The summed E-state index contributed by atoms with van der Waals surface area (Å²) in [4.78, 5) is 39.0. The minimum Gasteiger partial charge on any atom is -0.483 e. The molecule has 0 aliphatic heterocycles. The van der Waals surface area contributed by atoms with Gasteiger partial charge < -0.3 is 20.3 Å². The molecule has 180 valence electrons. The lowest BCUT2D eigenvalue weighted by Crippen LogP contribution is -2.28. The van der Waals surface area contributed by atoms with E-state index in [1.807, 2.05) is 12.1 Å². The van der Waals surface area contributed by atoms with Gasteiger partial charge in [0, 0.05) is 25.2 Å². The van der Waals surface area contributed by atoms with Crippen molar-refractivity contribution < 1.29 is 23.5 Å². The Morgan fingerprint density at radius 2 is 1.66 bits per heavy atom. The van der Waals surface area contributed by atoms with E-state index in [1.165, 1.54) is 23.1 Å². The van der Waals surface area contributed by atoms with Crippen LogP contribution >= 0.6 is 0 Å². The number of anilines is 1. The summed E-state index contributed by atoms with van der Waals surface area (Å²) in [6, 6.07) is 19.9. The third kappa shape index (κ3) is 6.44. The highest BCUT2D eigenvalue weighted by atomic mass is 19.1. The van der Waals surface area contributed by atoms with Crippen LogP contribution in [0.25, 0.3) is 0 Å². The molecule has 0 saturated heterocycles. The normalized spacial score (nSPS) is 12.5. The molecule has 7 nitrogen and oxygen atoms in total. The maximum Gasteiger partial charge on any atom is 0.262 e. The van der Waals surface area contributed by atoms with E-state index in [1.54, 1.807) is 49.5 Å². The number of para-hydroxylation sites is 2. The van der Waals surface area contributed by atoms with Crippen LogP contribution in [-0.4, -0.2) is 42.3 Å². The molecule has 3 aromatic rings. The predicted octanol–water partition coefficient (Wildman–Crippen LogP) is 4.01. The number of carbonyl (C=O) groups excluding carboxylic acids is 3. The fourth-order valence-corrected chi connectivity index (χ4v) is 3.47. The summed E-state index contributed by atoms with van der Waals surface area (Å²) in [6.07, 6.45) is 2.05. The molecule has 0 spiro atoms. The quantitative estimate of drug-likeness (QED) is 0.490. The van der Waals surface area contributed by atoms with E-state index in [2.05, 4.69) is 10.6 Å². The van der Waals surface area contributed by atoms with Crippen molar-refractivity contribution in [1.29, 1.82) is 0 Å². The SMILES string of the molecule is CN(Cc1ccc(C(=O)NC2CC2)cc1)C(=O)c1ccccc1OCC(=O)Nc1ccccc1F. The summed E-state index contributed by atoms with van der Waals surface area (Å²) >= 11 is 0. The molecule has 8 heteroatoms. The molecule has 4 rings (SSSR count). The smallest absolute Gasteiger partial charge is 0.262 e. The van der Waals surface area contributed by atoms with Crippen molar-refractivity contribution in [1.82, 2.24) is 10.2 Å². The molecule has 0 radical (unpaired) electrons. The van der Waals surface area contributed by atoms with Crippen LogP contribution in [-0.2, 0) is 11.3 Å². The molecule has 0 aromatic heterocycles. The maximum atomic E-state index is 13.7. The van der Waals surface area contributed by atoms with Gasteiger partial charge in [0.1, 0.15) is 11.6 Å². The minimum atomic E-state index is -0.547. The van der Waals surface area contributed by atoms with Gasteiger partial charge in [-0.3, -0.25) is 14.4 Å². The molecule has 0 atom stereocenters. The fourth-order valence-electron chi connectivity index (χ4n) is 3.47. The van der Waals surface area contributed by atoms with Crippen LogP contribution in [0.2, 0.25) is 0 Å². The molecule has 35 heavy (non-hydrogen) atoms. The number of amides is 3. The second kappa shape index (κ2) is 10.8. The first-order valence-corrected chi connectivity index (χ1v) is 11.3. The van der Waals surface area contributed by atoms with Crippen LogP contribution in [0.3, 0.4) is 0 Å². The van der Waals surface area contributed by atoms with Crippen molar-refractivity contribution >= 4 is 23.4 Å². The molecule has 0 bridgehead atoms. The lowest BCUT2D eigenvalue weighted by Gasteiger charge is -2.19. The van der Waals surface area contributed by atoms with Crippen LogP contribution < -0.4 is 15.4 Å². The molecule has 1 aliphatic rings. The summed E-state index contributed by atoms with van der Waals surface area (Å²) in [5, 5.41) is 5.40. The second-order valence-electron chi connectivity index (χ2n) is 8.42. The van der Waals surface area contributed by atoms with E-state index in [0.29, 0.717) is 23.7 Å². The fraction of sp³-hybridized carbons (Fsp3) is 0.222. The van der Waals surface area contributed by atoms with Gasteiger partial charge in [0.05, 0.1) is 11.3 Å². The van der Waals surface area contributed by atoms with Gasteiger partial charge in [-0.2, -0.15) is 0 Å². The van der Waals surface area contributed by atoms with E-state index in [0.717, 1.165) is 18.4 Å². The molecular weight excluding hydrogens is 449 g/mol. The van der Waals surface area contributed by atoms with Gasteiger partial charge in [0.25, 0.3) is 17.7 Å². The summed E-state index contributed by atoms with van der Waals surface area (Å²) in [7, 11) is 1.66. The minimum absolute atomic E-state index is 0.0567. The van der Waals surface area contributed by atoms with Crippen molar-refractivity contribution in [3.05, 3.63) is 95.3 Å². The Morgan fingerprint density at radius 3 is 2.37 bits per heavy atom. The highest BCUT2D eigenvalue weighted by molar-refractivity contribution is 5.97. The molecule has 1 aliphatic carbocycles. The standard InChI is InChI=1S/C27H26FN3O4/c1-31(16-18-10-12-19(13-11-18)26(33)29-20-14-15-20)27(34)21-6-2-5-9-24(21)35-17-25(32)30-23-8-4-3-7-22(23)28/h2-13,20H,14-17H2,1H3,(H,29,33)(H,30,32). The van der Waals surface area contributed by atoms with Gasteiger partial charge in [-0.15, -0.1) is 0 Å². The average molecular weight is 476 g/mol. The molecule has 0 unspecified atom stereocenters. The topological polar surface area (TPSA) is 87.7 Å². The number of hydrogen-bond acceptors (Lipinski definition) is 4. The Bertz CT molecular complexity index is 1230. The molecule has 3 amide bonds. The summed E-state index contributed by atoms with van der Waals surface area (Å²) < 4.78 is 19.3. The average Bonchev–Trinajstić information content (AvgIpc) is 3.68. The molecule has 0 heterocycles. The first-order chi connectivity index (χ1) is 16.9. The van der Waals surface area contributed by atoms with Crippen LogP contribution in [0.4, 0.5) is 10.1 Å². The molecule has 1 fully saturated rings. The van der Waals surface area contributed by atoms with Gasteiger partial charge >= 0.3 is 0 Å². The first-order valence-electron chi connectivity index (χ1n) is 11.3. The highest BCUT2D eigenvalue weighted by Gasteiger charge is 2.24. The third-order valence-corrected chi connectivity index (χ3v) is 5.52. The molecule has 2 N–H and O–H groups in total.